The highest BCUT2D eigenvalue weighted by Crippen LogP contribution is 2.37. The van der Waals surface area contributed by atoms with Crippen molar-refractivity contribution in [3.05, 3.63) is 90.2 Å². The van der Waals surface area contributed by atoms with Crippen molar-refractivity contribution in [1.29, 1.82) is 0 Å². The molecule has 0 unspecified atom stereocenters. The summed E-state index contributed by atoms with van der Waals surface area (Å²) in [7, 11) is 2.79. The summed E-state index contributed by atoms with van der Waals surface area (Å²) in [4.78, 5) is 41.1. The molecule has 3 aromatic carbocycles. The number of nitrogens with zero attached hydrogens (tertiary/aromatic N) is 4. The normalized spacial score (nSPS) is 11.3. The molecule has 11 nitrogen and oxygen atoms in total. The summed E-state index contributed by atoms with van der Waals surface area (Å²) < 4.78 is 16.8. The van der Waals surface area contributed by atoms with Gasteiger partial charge in [0.1, 0.15) is 5.75 Å². The van der Waals surface area contributed by atoms with Gasteiger partial charge in [0, 0.05) is 17.2 Å². The second-order valence-electron chi connectivity index (χ2n) is 9.35. The van der Waals surface area contributed by atoms with E-state index < -0.39 is 28.7 Å². The molecule has 0 saturated carbocycles. The van der Waals surface area contributed by atoms with Gasteiger partial charge < -0.3 is 14.2 Å². The van der Waals surface area contributed by atoms with Gasteiger partial charge in [0.2, 0.25) is 5.75 Å². The summed E-state index contributed by atoms with van der Waals surface area (Å²) in [6.45, 7) is 5.47. The van der Waals surface area contributed by atoms with Crippen LogP contribution in [-0.4, -0.2) is 47.6 Å². The Morgan fingerprint density at radius 2 is 1.93 bits per heavy atom. The third-order valence-electron chi connectivity index (χ3n) is 6.32. The molecule has 0 radical (unpaired) electrons. The van der Waals surface area contributed by atoms with E-state index in [9.17, 15) is 19.7 Å². The molecule has 4 rings (SSSR count). The smallest absolute Gasteiger partial charge is 0.343 e. The van der Waals surface area contributed by atoms with Crippen LogP contribution in [0.5, 0.6) is 11.5 Å². The quantitative estimate of drug-likeness (QED) is 0.102. The predicted molar refractivity (Wildman–Crippen MR) is 158 cm³/mol. The molecule has 0 aliphatic rings. The van der Waals surface area contributed by atoms with Crippen molar-refractivity contribution in [2.24, 2.45) is 5.10 Å². The molecule has 0 fully saturated rings. The van der Waals surface area contributed by atoms with Crippen LogP contribution in [0.4, 0.5) is 5.69 Å². The largest absolute Gasteiger partial charge is 0.496 e. The fourth-order valence-electron chi connectivity index (χ4n) is 4.24. The summed E-state index contributed by atoms with van der Waals surface area (Å²) in [6.07, 6.45) is 1.32. The Morgan fingerprint density at radius 1 is 1.20 bits per heavy atom. The molecule has 212 valence electrons. The first-order valence-corrected chi connectivity index (χ1v) is 13.3. The van der Waals surface area contributed by atoms with E-state index >= 15 is 0 Å². The van der Waals surface area contributed by atoms with Gasteiger partial charge in [0.25, 0.3) is 5.56 Å². The lowest BCUT2D eigenvalue weighted by Gasteiger charge is -2.17. The lowest BCUT2D eigenvalue weighted by molar-refractivity contribution is -0.385. The third kappa shape index (κ3) is 6.12. The molecule has 0 saturated heterocycles. The number of fused-ring (bicyclic) bond motifs is 1. The Balaban J connectivity index is 1.90. The summed E-state index contributed by atoms with van der Waals surface area (Å²) in [6, 6.07) is 13.5. The number of halogens is 1. The Labute approximate surface area is 243 Å². The number of carbonyl (C=O) groups is 1. The second-order valence-corrected chi connectivity index (χ2v) is 10.2. The summed E-state index contributed by atoms with van der Waals surface area (Å²) in [5, 5.41) is 16.6. The van der Waals surface area contributed by atoms with Crippen molar-refractivity contribution in [3.8, 4) is 22.9 Å². The van der Waals surface area contributed by atoms with Crippen LogP contribution in [0.3, 0.4) is 0 Å². The minimum atomic E-state index is -0.693. The molecule has 0 aliphatic heterocycles. The molecule has 12 heteroatoms. The fourth-order valence-corrected chi connectivity index (χ4v) is 4.82. The molecule has 41 heavy (non-hydrogen) atoms. The number of benzene rings is 3. The highest BCUT2D eigenvalue weighted by Gasteiger charge is 2.22. The van der Waals surface area contributed by atoms with Gasteiger partial charge in [0.15, 0.2) is 12.4 Å². The molecule has 1 heterocycles. The van der Waals surface area contributed by atoms with Crippen LogP contribution in [-0.2, 0) is 9.53 Å². The number of ether oxygens (including phenoxy) is 3. The first-order chi connectivity index (χ1) is 19.5. The number of methoxy groups -OCH3 is 2. The number of nitro benzene ring substituents is 1. The molecule has 1 aromatic heterocycles. The summed E-state index contributed by atoms with van der Waals surface area (Å²) >= 11 is 3.27. The van der Waals surface area contributed by atoms with E-state index in [0.29, 0.717) is 27.9 Å². The molecule has 0 atom stereocenters. The van der Waals surface area contributed by atoms with Gasteiger partial charge in [-0.1, -0.05) is 26.0 Å². The number of para-hydroxylation sites is 1. The van der Waals surface area contributed by atoms with E-state index in [-0.39, 0.29) is 16.1 Å². The molecule has 0 spiro atoms. The first-order valence-electron chi connectivity index (χ1n) is 12.5. The lowest BCUT2D eigenvalue weighted by Crippen LogP contribution is -2.21. The van der Waals surface area contributed by atoms with Crippen molar-refractivity contribution < 1.29 is 23.9 Å². The Kier molecular flexibility index (Phi) is 8.82. The number of aryl methyl sites for hydroxylation is 1. The lowest BCUT2D eigenvalue weighted by atomic mass is 9.96. The number of rotatable bonds is 9. The van der Waals surface area contributed by atoms with E-state index in [1.54, 1.807) is 31.4 Å². The zero-order chi connectivity index (χ0) is 29.8. The highest BCUT2D eigenvalue weighted by atomic mass is 79.9. The number of esters is 1. The van der Waals surface area contributed by atoms with Gasteiger partial charge in [-0.15, -0.1) is 0 Å². The van der Waals surface area contributed by atoms with E-state index in [0.717, 1.165) is 16.9 Å². The molecule has 0 aliphatic carbocycles. The average Bonchev–Trinajstić information content (AvgIpc) is 2.95. The zero-order valence-corrected chi connectivity index (χ0v) is 24.6. The summed E-state index contributed by atoms with van der Waals surface area (Å²) in [5.41, 5.74) is 2.44. The molecule has 0 N–H and O–H groups in total. The fraction of sp³-hybridized carbons (Fsp3) is 0.241. The maximum atomic E-state index is 13.7. The van der Waals surface area contributed by atoms with E-state index in [1.165, 1.54) is 30.1 Å². The molecular formula is C29H27BrN4O7. The van der Waals surface area contributed by atoms with Gasteiger partial charge in [0.05, 0.1) is 40.7 Å². The molecule has 0 bridgehead atoms. The maximum Gasteiger partial charge on any atom is 0.343 e. The van der Waals surface area contributed by atoms with Gasteiger partial charge in [-0.2, -0.15) is 9.78 Å². The first kappa shape index (κ1) is 29.4. The number of nitro groups is 1. The van der Waals surface area contributed by atoms with Crippen molar-refractivity contribution in [2.45, 2.75) is 26.7 Å². The summed E-state index contributed by atoms with van der Waals surface area (Å²) in [5.74, 6) is 0.329. The maximum absolute atomic E-state index is 13.7. The van der Waals surface area contributed by atoms with Gasteiger partial charge in [-0.25, -0.2) is 9.78 Å². The van der Waals surface area contributed by atoms with Gasteiger partial charge >= 0.3 is 11.7 Å². The van der Waals surface area contributed by atoms with Crippen molar-refractivity contribution in [1.82, 2.24) is 9.66 Å². The van der Waals surface area contributed by atoms with Crippen LogP contribution in [0.15, 0.2) is 62.9 Å². The number of hydrogen-bond donors (Lipinski definition) is 0. The Hall–Kier alpha value is -4.58. The van der Waals surface area contributed by atoms with Crippen molar-refractivity contribution in [2.75, 3.05) is 20.8 Å². The van der Waals surface area contributed by atoms with Crippen molar-refractivity contribution >= 4 is 44.7 Å². The van der Waals surface area contributed by atoms with Crippen LogP contribution in [0.1, 0.15) is 36.5 Å². The van der Waals surface area contributed by atoms with Crippen LogP contribution in [0, 0.1) is 17.0 Å². The van der Waals surface area contributed by atoms with Crippen LogP contribution < -0.4 is 15.0 Å². The van der Waals surface area contributed by atoms with E-state index in [1.807, 2.05) is 32.9 Å². The monoisotopic (exact) mass is 622 g/mol. The number of carbonyl (C=O) groups excluding carboxylic acids is 1. The van der Waals surface area contributed by atoms with Crippen LogP contribution in [0.2, 0.25) is 0 Å². The SMILES string of the molecule is COC(=O)COc1c(Br)cc(C=Nn2c(-c3cc(C(C)C)c(OC)cc3C)nc3ccccc3c2=O)cc1[N+](=O)[O-]. The topological polar surface area (TPSA) is 135 Å². The van der Waals surface area contributed by atoms with Gasteiger partial charge in [-0.05, 0) is 70.2 Å². The minimum Gasteiger partial charge on any atom is -0.496 e. The van der Waals surface area contributed by atoms with Gasteiger partial charge in [-0.3, -0.25) is 14.9 Å². The second kappa shape index (κ2) is 12.3. The molecule has 4 aromatic rings. The highest BCUT2D eigenvalue weighted by molar-refractivity contribution is 9.10. The minimum absolute atomic E-state index is 0.131. The number of aromatic nitrogens is 2. The zero-order valence-electron chi connectivity index (χ0n) is 23.0. The van der Waals surface area contributed by atoms with Crippen LogP contribution >= 0.6 is 15.9 Å². The van der Waals surface area contributed by atoms with Crippen molar-refractivity contribution in [3.63, 3.8) is 0 Å². The molecule has 0 amide bonds. The van der Waals surface area contributed by atoms with Crippen LogP contribution in [0.25, 0.3) is 22.3 Å². The average molecular weight is 623 g/mol. The van der Waals surface area contributed by atoms with E-state index in [4.69, 9.17) is 14.5 Å². The standard InChI is InChI=1S/C29H27BrN4O7/c1-16(2)20-13-21(17(3)10-25(20)39-4)28-32-23-9-7-6-8-19(23)29(36)33(28)31-14-18-11-22(30)27(24(12-18)34(37)38)41-15-26(35)40-5/h6-14,16H,15H2,1-5H3. The predicted octanol–water partition coefficient (Wildman–Crippen LogP) is 5.61. The van der Waals surface area contributed by atoms with E-state index in [2.05, 4.69) is 25.8 Å². The Bertz CT molecular complexity index is 1750. The third-order valence-corrected chi connectivity index (χ3v) is 6.91. The molecular weight excluding hydrogens is 596 g/mol. The number of hydrogen-bond acceptors (Lipinski definition) is 9. The Morgan fingerprint density at radius 3 is 2.59 bits per heavy atom.